The van der Waals surface area contributed by atoms with E-state index in [0.717, 1.165) is 12.8 Å². The molecule has 28 heavy (non-hydrogen) atoms. The van der Waals surface area contributed by atoms with Gasteiger partial charge in [-0.1, -0.05) is 12.1 Å². The van der Waals surface area contributed by atoms with E-state index in [0.29, 0.717) is 13.1 Å². The molecule has 1 aliphatic carbocycles. The number of rotatable bonds is 8. The third-order valence-electron chi connectivity index (χ3n) is 4.42. The smallest absolute Gasteiger partial charge is 0.407 e. The van der Waals surface area contributed by atoms with E-state index in [1.165, 1.54) is 19.1 Å². The van der Waals surface area contributed by atoms with Gasteiger partial charge in [-0.3, -0.25) is 4.90 Å². The molecule has 0 aliphatic heterocycles. The van der Waals surface area contributed by atoms with Gasteiger partial charge >= 0.3 is 6.09 Å². The van der Waals surface area contributed by atoms with Crippen molar-refractivity contribution in [3.8, 4) is 6.07 Å². The van der Waals surface area contributed by atoms with Gasteiger partial charge in [0.25, 0.3) is 0 Å². The van der Waals surface area contributed by atoms with Gasteiger partial charge in [-0.15, -0.1) is 0 Å². The van der Waals surface area contributed by atoms with Crippen molar-refractivity contribution >= 4 is 6.09 Å². The molecule has 2 rings (SSSR count). The third-order valence-corrected chi connectivity index (χ3v) is 4.42. The molecule has 0 spiro atoms. The topological polar surface area (TPSA) is 65.4 Å². The quantitative estimate of drug-likeness (QED) is 0.726. The fourth-order valence-corrected chi connectivity index (χ4v) is 3.13. The van der Waals surface area contributed by atoms with E-state index in [1.54, 1.807) is 32.9 Å². The van der Waals surface area contributed by atoms with Crippen LogP contribution in [0, 0.1) is 17.1 Å². The average molecular weight is 393 g/mol. The van der Waals surface area contributed by atoms with Crippen LogP contribution in [0.4, 0.5) is 13.6 Å². The standard InChI is InChI=1S/C21H29F2N3O2/c1-20(2,3)28-19(27)25-10-11-26(17-8-9-17)14-21(4,23)12-15-6-5-7-16(13-24)18(15)22/h5-7,17H,8-12,14H2,1-4H3,(H,25,27)/t21-/m0/s1. The van der Waals surface area contributed by atoms with E-state index in [-0.39, 0.29) is 30.1 Å². The summed E-state index contributed by atoms with van der Waals surface area (Å²) in [6.07, 6.45) is 1.36. The van der Waals surface area contributed by atoms with Gasteiger partial charge in [-0.05, 0) is 52.2 Å². The van der Waals surface area contributed by atoms with Crippen molar-refractivity contribution in [3.05, 3.63) is 35.1 Å². The Morgan fingerprint density at radius 3 is 2.61 bits per heavy atom. The molecule has 0 aromatic heterocycles. The largest absolute Gasteiger partial charge is 0.444 e. The van der Waals surface area contributed by atoms with Crippen LogP contribution in [-0.2, 0) is 11.2 Å². The van der Waals surface area contributed by atoms with Crippen molar-refractivity contribution in [1.29, 1.82) is 5.26 Å². The maximum Gasteiger partial charge on any atom is 0.407 e. The Hall–Kier alpha value is -2.20. The van der Waals surface area contributed by atoms with Gasteiger partial charge in [-0.2, -0.15) is 5.26 Å². The molecule has 1 amide bonds. The molecule has 1 aromatic carbocycles. The monoisotopic (exact) mass is 393 g/mol. The number of alkyl halides is 1. The first-order valence-corrected chi connectivity index (χ1v) is 9.58. The molecule has 1 saturated carbocycles. The number of carbonyl (C=O) groups excluding carboxylic acids is 1. The number of ether oxygens (including phenoxy) is 1. The molecular formula is C21H29F2N3O2. The van der Waals surface area contributed by atoms with Crippen LogP contribution in [0.5, 0.6) is 0 Å². The summed E-state index contributed by atoms with van der Waals surface area (Å²) in [5.41, 5.74) is -2.11. The number of benzene rings is 1. The van der Waals surface area contributed by atoms with Gasteiger partial charge in [0.1, 0.15) is 23.2 Å². The minimum absolute atomic E-state index is 0.0751. The first-order valence-electron chi connectivity index (χ1n) is 9.58. The molecule has 1 aromatic rings. The number of carbonyl (C=O) groups is 1. The highest BCUT2D eigenvalue weighted by Crippen LogP contribution is 2.30. The summed E-state index contributed by atoms with van der Waals surface area (Å²) in [7, 11) is 0. The van der Waals surface area contributed by atoms with Crippen LogP contribution < -0.4 is 5.32 Å². The lowest BCUT2D eigenvalue weighted by molar-refractivity contribution is 0.0513. The molecule has 5 nitrogen and oxygen atoms in total. The molecule has 1 aliphatic rings. The van der Waals surface area contributed by atoms with E-state index in [4.69, 9.17) is 10.00 Å². The fourth-order valence-electron chi connectivity index (χ4n) is 3.13. The van der Waals surface area contributed by atoms with Gasteiger partial charge in [0.2, 0.25) is 0 Å². The Morgan fingerprint density at radius 2 is 2.04 bits per heavy atom. The summed E-state index contributed by atoms with van der Waals surface area (Å²) in [5, 5.41) is 11.6. The predicted molar refractivity (Wildman–Crippen MR) is 103 cm³/mol. The lowest BCUT2D eigenvalue weighted by Gasteiger charge is -2.30. The molecule has 7 heteroatoms. The maximum atomic E-state index is 15.2. The van der Waals surface area contributed by atoms with Crippen LogP contribution in [0.3, 0.4) is 0 Å². The molecule has 154 valence electrons. The fraction of sp³-hybridized carbons (Fsp3) is 0.619. The van der Waals surface area contributed by atoms with Gasteiger partial charge in [-0.25, -0.2) is 13.6 Å². The lowest BCUT2D eigenvalue weighted by Crippen LogP contribution is -2.44. The first kappa shape index (κ1) is 22.1. The average Bonchev–Trinajstić information content (AvgIpc) is 3.39. The number of hydrogen-bond donors (Lipinski definition) is 1. The number of nitriles is 1. The number of nitrogens with zero attached hydrogens (tertiary/aromatic N) is 2. The molecule has 0 heterocycles. The predicted octanol–water partition coefficient (Wildman–Crippen LogP) is 3.96. The number of amides is 1. The summed E-state index contributed by atoms with van der Waals surface area (Å²) in [6.45, 7) is 7.78. The number of nitrogens with one attached hydrogen (secondary N) is 1. The highest BCUT2D eigenvalue weighted by atomic mass is 19.1. The Bertz CT molecular complexity index is 734. The van der Waals surface area contributed by atoms with Crippen LogP contribution in [0.2, 0.25) is 0 Å². The van der Waals surface area contributed by atoms with Crippen LogP contribution in [0.25, 0.3) is 0 Å². The molecule has 1 atom stereocenters. The Kier molecular flexibility index (Phi) is 7.00. The zero-order valence-electron chi connectivity index (χ0n) is 17.0. The third kappa shape index (κ3) is 7.08. The summed E-state index contributed by atoms with van der Waals surface area (Å²) >= 11 is 0. The van der Waals surface area contributed by atoms with Gasteiger partial charge in [0.05, 0.1) is 5.56 Å². The van der Waals surface area contributed by atoms with E-state index >= 15 is 4.39 Å². The second-order valence-corrected chi connectivity index (χ2v) is 8.61. The summed E-state index contributed by atoms with van der Waals surface area (Å²) in [6, 6.07) is 6.53. The Morgan fingerprint density at radius 1 is 1.36 bits per heavy atom. The minimum atomic E-state index is -1.66. The van der Waals surface area contributed by atoms with Gasteiger partial charge in [0, 0.05) is 32.1 Å². The molecule has 1 fully saturated rings. The van der Waals surface area contributed by atoms with Crippen molar-refractivity contribution < 1.29 is 18.3 Å². The van der Waals surface area contributed by atoms with E-state index < -0.39 is 23.2 Å². The van der Waals surface area contributed by atoms with Crippen LogP contribution in [0.15, 0.2) is 18.2 Å². The number of hydrogen-bond acceptors (Lipinski definition) is 4. The Labute approximate surface area is 165 Å². The molecule has 1 N–H and O–H groups in total. The van der Waals surface area contributed by atoms with Crippen LogP contribution in [-0.4, -0.2) is 47.9 Å². The highest BCUT2D eigenvalue weighted by Gasteiger charge is 2.35. The summed E-state index contributed by atoms with van der Waals surface area (Å²) < 4.78 is 34.7. The second-order valence-electron chi connectivity index (χ2n) is 8.61. The lowest BCUT2D eigenvalue weighted by atomic mass is 9.95. The van der Waals surface area contributed by atoms with Crippen molar-refractivity contribution in [2.24, 2.45) is 0 Å². The number of alkyl carbamates (subject to hydrolysis) is 1. The van der Waals surface area contributed by atoms with Crippen molar-refractivity contribution in [3.63, 3.8) is 0 Å². The number of halogens is 2. The SMILES string of the molecule is CC(C)(C)OC(=O)NCCN(C[C@@](C)(F)Cc1cccc(C#N)c1F)C1CC1. The maximum absolute atomic E-state index is 15.2. The van der Waals surface area contributed by atoms with E-state index in [9.17, 15) is 9.18 Å². The summed E-state index contributed by atoms with van der Waals surface area (Å²) in [4.78, 5) is 13.7. The van der Waals surface area contributed by atoms with E-state index in [1.807, 2.05) is 4.90 Å². The van der Waals surface area contributed by atoms with Crippen molar-refractivity contribution in [2.75, 3.05) is 19.6 Å². The van der Waals surface area contributed by atoms with Gasteiger partial charge < -0.3 is 10.1 Å². The zero-order valence-corrected chi connectivity index (χ0v) is 17.0. The van der Waals surface area contributed by atoms with Crippen LogP contribution in [0.1, 0.15) is 51.7 Å². The van der Waals surface area contributed by atoms with Crippen LogP contribution >= 0.6 is 0 Å². The van der Waals surface area contributed by atoms with Crippen molar-refractivity contribution in [1.82, 2.24) is 10.2 Å². The summed E-state index contributed by atoms with van der Waals surface area (Å²) in [5.74, 6) is -0.654. The molecule has 0 unspecified atom stereocenters. The van der Waals surface area contributed by atoms with Gasteiger partial charge in [0.15, 0.2) is 0 Å². The minimum Gasteiger partial charge on any atom is -0.444 e. The van der Waals surface area contributed by atoms with Crippen molar-refractivity contribution in [2.45, 2.75) is 64.3 Å². The Balaban J connectivity index is 1.92. The second kappa shape index (κ2) is 8.87. The first-order chi connectivity index (χ1) is 13.0. The molecule has 0 saturated heterocycles. The van der Waals surface area contributed by atoms with E-state index in [2.05, 4.69) is 5.32 Å². The molecule has 0 bridgehead atoms. The molecular weight excluding hydrogens is 364 g/mol. The normalized spacial score (nSPS) is 16.4. The zero-order chi connectivity index (χ0) is 20.9. The highest BCUT2D eigenvalue weighted by molar-refractivity contribution is 5.67. The molecule has 0 radical (unpaired) electrons.